The average Bonchev–Trinajstić information content (AvgIpc) is 2.18. The van der Waals surface area contributed by atoms with E-state index >= 15 is 0 Å². The normalized spacial score (nSPS) is 11.1. The summed E-state index contributed by atoms with van der Waals surface area (Å²) in [6.07, 6.45) is -4.85. The SMILES string of the molecule is COc1cc(OC(F)(F)F)cc(OC)c1F. The molecule has 0 aliphatic carbocycles. The van der Waals surface area contributed by atoms with E-state index in [2.05, 4.69) is 14.2 Å². The van der Waals surface area contributed by atoms with Gasteiger partial charge >= 0.3 is 6.36 Å². The summed E-state index contributed by atoms with van der Waals surface area (Å²) in [4.78, 5) is 0. The van der Waals surface area contributed by atoms with E-state index in [1.54, 1.807) is 0 Å². The molecule has 16 heavy (non-hydrogen) atoms. The van der Waals surface area contributed by atoms with E-state index in [4.69, 9.17) is 0 Å². The van der Waals surface area contributed by atoms with Crippen molar-refractivity contribution in [3.05, 3.63) is 17.9 Å². The largest absolute Gasteiger partial charge is 0.573 e. The second-order valence-corrected chi connectivity index (χ2v) is 2.69. The molecular weight excluding hydrogens is 232 g/mol. The first-order chi connectivity index (χ1) is 7.37. The highest BCUT2D eigenvalue weighted by molar-refractivity contribution is 5.43. The third kappa shape index (κ3) is 2.91. The summed E-state index contributed by atoms with van der Waals surface area (Å²) in [6, 6.07) is 1.57. The first kappa shape index (κ1) is 12.4. The molecule has 0 N–H and O–H groups in total. The second kappa shape index (κ2) is 4.46. The summed E-state index contributed by atoms with van der Waals surface area (Å²) < 4.78 is 61.7. The van der Waals surface area contributed by atoms with Crippen molar-refractivity contribution >= 4 is 0 Å². The number of methoxy groups -OCH3 is 2. The van der Waals surface area contributed by atoms with E-state index in [1.807, 2.05) is 0 Å². The van der Waals surface area contributed by atoms with Gasteiger partial charge in [0.05, 0.1) is 14.2 Å². The Bertz CT molecular complexity index is 351. The highest BCUT2D eigenvalue weighted by Crippen LogP contribution is 2.34. The molecule has 0 radical (unpaired) electrons. The molecule has 0 atom stereocenters. The van der Waals surface area contributed by atoms with E-state index < -0.39 is 29.4 Å². The summed E-state index contributed by atoms with van der Waals surface area (Å²) in [5, 5.41) is 0. The lowest BCUT2D eigenvalue weighted by Gasteiger charge is -2.12. The molecule has 0 heterocycles. The Morgan fingerprint density at radius 3 is 1.75 bits per heavy atom. The molecule has 0 amide bonds. The summed E-state index contributed by atoms with van der Waals surface area (Å²) in [5.41, 5.74) is 0. The van der Waals surface area contributed by atoms with E-state index in [0.29, 0.717) is 0 Å². The predicted octanol–water partition coefficient (Wildman–Crippen LogP) is 2.74. The lowest BCUT2D eigenvalue weighted by molar-refractivity contribution is -0.274. The lowest BCUT2D eigenvalue weighted by Crippen LogP contribution is -2.17. The van der Waals surface area contributed by atoms with Crippen molar-refractivity contribution in [2.75, 3.05) is 14.2 Å². The van der Waals surface area contributed by atoms with Crippen molar-refractivity contribution in [3.8, 4) is 17.2 Å². The van der Waals surface area contributed by atoms with Crippen molar-refractivity contribution in [1.82, 2.24) is 0 Å². The standard InChI is InChI=1S/C9H8F4O3/c1-14-6-3-5(16-9(11,12)13)4-7(15-2)8(6)10/h3-4H,1-2H3. The van der Waals surface area contributed by atoms with Crippen molar-refractivity contribution in [2.24, 2.45) is 0 Å². The van der Waals surface area contributed by atoms with Crippen LogP contribution in [0.5, 0.6) is 17.2 Å². The van der Waals surface area contributed by atoms with Gasteiger partial charge in [-0.05, 0) is 0 Å². The number of hydrogen-bond acceptors (Lipinski definition) is 3. The van der Waals surface area contributed by atoms with Crippen molar-refractivity contribution in [2.45, 2.75) is 6.36 Å². The van der Waals surface area contributed by atoms with Gasteiger partial charge in [0.15, 0.2) is 11.5 Å². The Morgan fingerprint density at radius 1 is 1.00 bits per heavy atom. The van der Waals surface area contributed by atoms with Gasteiger partial charge < -0.3 is 14.2 Å². The Kier molecular flexibility index (Phi) is 3.46. The minimum absolute atomic E-state index is 0.390. The van der Waals surface area contributed by atoms with Crippen LogP contribution in [0.3, 0.4) is 0 Å². The molecule has 3 nitrogen and oxygen atoms in total. The van der Waals surface area contributed by atoms with Crippen molar-refractivity contribution in [1.29, 1.82) is 0 Å². The van der Waals surface area contributed by atoms with Gasteiger partial charge in [-0.2, -0.15) is 4.39 Å². The third-order valence-corrected chi connectivity index (χ3v) is 1.65. The lowest BCUT2D eigenvalue weighted by atomic mass is 10.3. The molecule has 0 spiro atoms. The highest BCUT2D eigenvalue weighted by atomic mass is 19.4. The Hall–Kier alpha value is -1.66. The molecule has 0 aromatic heterocycles. The smallest absolute Gasteiger partial charge is 0.493 e. The number of rotatable bonds is 3. The number of hydrogen-bond donors (Lipinski definition) is 0. The predicted molar refractivity (Wildman–Crippen MR) is 46.2 cm³/mol. The molecule has 0 saturated heterocycles. The Labute approximate surface area is 88.5 Å². The van der Waals surface area contributed by atoms with Gasteiger partial charge in [-0.15, -0.1) is 13.2 Å². The third-order valence-electron chi connectivity index (χ3n) is 1.65. The molecule has 1 aromatic carbocycles. The van der Waals surface area contributed by atoms with E-state index in [9.17, 15) is 17.6 Å². The van der Waals surface area contributed by atoms with Crippen LogP contribution in [-0.4, -0.2) is 20.6 Å². The first-order valence-corrected chi connectivity index (χ1v) is 4.04. The quantitative estimate of drug-likeness (QED) is 0.760. The van der Waals surface area contributed by atoms with Gasteiger partial charge in [0, 0.05) is 12.1 Å². The summed E-state index contributed by atoms with van der Waals surface area (Å²) in [6.45, 7) is 0. The minimum Gasteiger partial charge on any atom is -0.493 e. The fourth-order valence-corrected chi connectivity index (χ4v) is 1.04. The van der Waals surface area contributed by atoms with Gasteiger partial charge in [-0.3, -0.25) is 0 Å². The van der Waals surface area contributed by atoms with E-state index in [1.165, 1.54) is 0 Å². The van der Waals surface area contributed by atoms with Gasteiger partial charge in [0.2, 0.25) is 5.82 Å². The molecule has 1 aromatic rings. The van der Waals surface area contributed by atoms with Crippen molar-refractivity contribution < 1.29 is 31.8 Å². The van der Waals surface area contributed by atoms with Crippen LogP contribution in [0.1, 0.15) is 0 Å². The van der Waals surface area contributed by atoms with Gasteiger partial charge in [0.1, 0.15) is 5.75 Å². The van der Waals surface area contributed by atoms with E-state index in [0.717, 1.165) is 26.4 Å². The fraction of sp³-hybridized carbons (Fsp3) is 0.333. The summed E-state index contributed by atoms with van der Waals surface area (Å²) in [5.74, 6) is -2.28. The molecule has 0 saturated carbocycles. The first-order valence-electron chi connectivity index (χ1n) is 4.04. The van der Waals surface area contributed by atoms with E-state index in [-0.39, 0.29) is 0 Å². The molecule has 0 unspecified atom stereocenters. The number of alkyl halides is 3. The summed E-state index contributed by atoms with van der Waals surface area (Å²) in [7, 11) is 2.24. The van der Waals surface area contributed by atoms with Crippen LogP contribution in [0, 0.1) is 5.82 Å². The Morgan fingerprint density at radius 2 is 1.44 bits per heavy atom. The second-order valence-electron chi connectivity index (χ2n) is 2.69. The highest BCUT2D eigenvalue weighted by Gasteiger charge is 2.32. The summed E-state index contributed by atoms with van der Waals surface area (Å²) >= 11 is 0. The van der Waals surface area contributed by atoms with Gasteiger partial charge in [-0.1, -0.05) is 0 Å². The number of halogens is 4. The molecule has 0 aliphatic heterocycles. The molecule has 0 fully saturated rings. The molecule has 0 aliphatic rings. The Balaban J connectivity index is 3.12. The average molecular weight is 240 g/mol. The maximum absolute atomic E-state index is 13.3. The van der Waals surface area contributed by atoms with Crippen LogP contribution in [0.15, 0.2) is 12.1 Å². The topological polar surface area (TPSA) is 27.7 Å². The van der Waals surface area contributed by atoms with Gasteiger partial charge in [-0.25, -0.2) is 0 Å². The van der Waals surface area contributed by atoms with Crippen LogP contribution >= 0.6 is 0 Å². The molecule has 90 valence electrons. The van der Waals surface area contributed by atoms with Gasteiger partial charge in [0.25, 0.3) is 0 Å². The van der Waals surface area contributed by atoms with Crippen molar-refractivity contribution in [3.63, 3.8) is 0 Å². The van der Waals surface area contributed by atoms with Crippen LogP contribution in [0.25, 0.3) is 0 Å². The molecule has 7 heteroatoms. The maximum Gasteiger partial charge on any atom is 0.573 e. The fourth-order valence-electron chi connectivity index (χ4n) is 1.04. The zero-order valence-electron chi connectivity index (χ0n) is 8.39. The van der Waals surface area contributed by atoms with Crippen LogP contribution in [0.2, 0.25) is 0 Å². The number of benzene rings is 1. The van der Waals surface area contributed by atoms with Crippen LogP contribution < -0.4 is 14.2 Å². The van der Waals surface area contributed by atoms with Crippen LogP contribution in [0.4, 0.5) is 17.6 Å². The monoisotopic (exact) mass is 240 g/mol. The molecule has 0 bridgehead atoms. The molecular formula is C9H8F4O3. The maximum atomic E-state index is 13.3. The van der Waals surface area contributed by atoms with Crippen LogP contribution in [-0.2, 0) is 0 Å². The zero-order chi connectivity index (χ0) is 12.3. The number of ether oxygens (including phenoxy) is 3. The minimum atomic E-state index is -4.85. The molecule has 1 rings (SSSR count). The zero-order valence-corrected chi connectivity index (χ0v) is 8.39.